The maximum atomic E-state index is 6.01. The van der Waals surface area contributed by atoms with Gasteiger partial charge >= 0.3 is 0 Å². The van der Waals surface area contributed by atoms with Crippen LogP contribution < -0.4 is 16.4 Å². The molecule has 0 aliphatic carbocycles. The first-order valence-corrected chi connectivity index (χ1v) is 5.74. The third-order valence-corrected chi connectivity index (χ3v) is 3.30. The van der Waals surface area contributed by atoms with Crippen molar-refractivity contribution >= 4 is 11.5 Å². The number of anilines is 2. The average molecular weight is 220 g/mol. The molecule has 1 aliphatic heterocycles. The molecule has 0 amide bonds. The molecule has 1 aromatic rings. The number of piperidine rings is 1. The fraction of sp³-hybridized carbons (Fsp3) is 0.583. The predicted octanol–water partition coefficient (Wildman–Crippen LogP) is 1.37. The number of hydrogen-bond acceptors (Lipinski definition) is 4. The van der Waals surface area contributed by atoms with Crippen LogP contribution >= 0.6 is 0 Å². The van der Waals surface area contributed by atoms with Gasteiger partial charge in [-0.25, -0.2) is 4.98 Å². The Balaban J connectivity index is 2.23. The zero-order valence-electron chi connectivity index (χ0n) is 9.98. The molecule has 0 aromatic carbocycles. The molecule has 0 radical (unpaired) electrons. The van der Waals surface area contributed by atoms with Gasteiger partial charge in [0, 0.05) is 18.1 Å². The second-order valence-electron chi connectivity index (χ2n) is 5.16. The quantitative estimate of drug-likeness (QED) is 0.750. The Bertz CT molecular complexity index is 358. The molecular formula is C12H20N4. The van der Waals surface area contributed by atoms with Crippen molar-refractivity contribution in [2.24, 2.45) is 5.73 Å². The fourth-order valence-corrected chi connectivity index (χ4v) is 2.49. The van der Waals surface area contributed by atoms with Gasteiger partial charge in [0.25, 0.3) is 0 Å². The second-order valence-corrected chi connectivity index (χ2v) is 5.16. The van der Waals surface area contributed by atoms with E-state index >= 15 is 0 Å². The first-order chi connectivity index (χ1) is 7.49. The van der Waals surface area contributed by atoms with Gasteiger partial charge in [0.1, 0.15) is 5.82 Å². The molecule has 1 aromatic heterocycles. The molecule has 4 N–H and O–H groups in total. The highest BCUT2D eigenvalue weighted by atomic mass is 15.2. The van der Waals surface area contributed by atoms with Gasteiger partial charge in [-0.15, -0.1) is 0 Å². The van der Waals surface area contributed by atoms with Crippen LogP contribution in [0, 0.1) is 0 Å². The van der Waals surface area contributed by atoms with Crippen LogP contribution in [0.2, 0.25) is 0 Å². The number of nitrogens with two attached hydrogens (primary N) is 2. The molecule has 0 bridgehead atoms. The summed E-state index contributed by atoms with van der Waals surface area (Å²) in [4.78, 5) is 6.51. The first kappa shape index (κ1) is 11.2. The summed E-state index contributed by atoms with van der Waals surface area (Å²) < 4.78 is 0. The van der Waals surface area contributed by atoms with Crippen molar-refractivity contribution in [1.29, 1.82) is 0 Å². The molecule has 0 saturated carbocycles. The van der Waals surface area contributed by atoms with Crippen LogP contribution in [0.15, 0.2) is 18.3 Å². The minimum atomic E-state index is 0.0927. The van der Waals surface area contributed by atoms with Crippen molar-refractivity contribution in [3.05, 3.63) is 18.3 Å². The Morgan fingerprint density at radius 3 is 2.75 bits per heavy atom. The van der Waals surface area contributed by atoms with E-state index in [0.29, 0.717) is 11.9 Å². The van der Waals surface area contributed by atoms with Gasteiger partial charge in [-0.2, -0.15) is 0 Å². The highest BCUT2D eigenvalue weighted by Gasteiger charge is 2.33. The van der Waals surface area contributed by atoms with E-state index in [4.69, 9.17) is 11.5 Å². The molecule has 1 saturated heterocycles. The molecule has 4 heteroatoms. The normalized spacial score (nSPS) is 24.4. The smallest absolute Gasteiger partial charge is 0.123 e. The number of nitrogen functional groups attached to an aromatic ring is 1. The van der Waals surface area contributed by atoms with Gasteiger partial charge in [0.2, 0.25) is 0 Å². The van der Waals surface area contributed by atoms with Gasteiger partial charge in [-0.05, 0) is 38.8 Å². The zero-order chi connectivity index (χ0) is 11.8. The first-order valence-electron chi connectivity index (χ1n) is 5.74. The molecule has 1 atom stereocenters. The van der Waals surface area contributed by atoms with Crippen molar-refractivity contribution in [3.63, 3.8) is 0 Å². The van der Waals surface area contributed by atoms with Crippen LogP contribution in [0.25, 0.3) is 0 Å². The third-order valence-electron chi connectivity index (χ3n) is 3.30. The lowest BCUT2D eigenvalue weighted by molar-refractivity contribution is 0.327. The van der Waals surface area contributed by atoms with E-state index in [-0.39, 0.29) is 5.54 Å². The van der Waals surface area contributed by atoms with E-state index < -0.39 is 0 Å². The monoisotopic (exact) mass is 220 g/mol. The second kappa shape index (κ2) is 3.94. The number of nitrogens with zero attached hydrogens (tertiary/aromatic N) is 2. The van der Waals surface area contributed by atoms with Crippen molar-refractivity contribution in [2.45, 2.75) is 38.3 Å². The number of aromatic nitrogens is 1. The Labute approximate surface area is 96.6 Å². The standard InChI is InChI=1S/C12H20N4/c1-12(2)7-9(13)5-6-16(12)10-3-4-11(14)15-8-10/h3-4,8-9H,5-7,13H2,1-2H3,(H2,14,15). The number of rotatable bonds is 1. The largest absolute Gasteiger partial charge is 0.384 e. The van der Waals surface area contributed by atoms with Crippen molar-refractivity contribution < 1.29 is 0 Å². The van der Waals surface area contributed by atoms with Gasteiger partial charge in [-0.3, -0.25) is 0 Å². The van der Waals surface area contributed by atoms with Crippen LogP contribution in [0.3, 0.4) is 0 Å². The lowest BCUT2D eigenvalue weighted by atomic mass is 9.87. The van der Waals surface area contributed by atoms with Crippen LogP contribution in [-0.4, -0.2) is 23.1 Å². The number of pyridine rings is 1. The van der Waals surface area contributed by atoms with Gasteiger partial charge in [0.15, 0.2) is 0 Å². The van der Waals surface area contributed by atoms with Crippen LogP contribution in [-0.2, 0) is 0 Å². The third kappa shape index (κ3) is 2.11. The predicted molar refractivity (Wildman–Crippen MR) is 67.3 cm³/mol. The van der Waals surface area contributed by atoms with E-state index in [1.807, 2.05) is 18.3 Å². The minimum absolute atomic E-state index is 0.0927. The SMILES string of the molecule is CC1(C)CC(N)CCN1c1ccc(N)nc1. The molecule has 88 valence electrons. The minimum Gasteiger partial charge on any atom is -0.384 e. The summed E-state index contributed by atoms with van der Waals surface area (Å²) in [6.07, 6.45) is 3.89. The number of hydrogen-bond donors (Lipinski definition) is 2. The van der Waals surface area contributed by atoms with Crippen LogP contribution in [0.4, 0.5) is 11.5 Å². The van der Waals surface area contributed by atoms with E-state index in [2.05, 4.69) is 23.7 Å². The van der Waals surface area contributed by atoms with E-state index in [1.165, 1.54) is 0 Å². The summed E-state index contributed by atoms with van der Waals surface area (Å²) in [5.74, 6) is 0.565. The Kier molecular flexibility index (Phi) is 2.76. The topological polar surface area (TPSA) is 68.2 Å². The van der Waals surface area contributed by atoms with Crippen molar-refractivity contribution in [1.82, 2.24) is 4.98 Å². The summed E-state index contributed by atoms with van der Waals surface area (Å²) >= 11 is 0. The maximum absolute atomic E-state index is 6.01. The molecule has 1 aliphatic rings. The van der Waals surface area contributed by atoms with E-state index in [0.717, 1.165) is 25.1 Å². The van der Waals surface area contributed by atoms with E-state index in [1.54, 1.807) is 0 Å². The summed E-state index contributed by atoms with van der Waals surface area (Å²) in [6.45, 7) is 5.44. The highest BCUT2D eigenvalue weighted by molar-refractivity contribution is 5.50. The van der Waals surface area contributed by atoms with Crippen molar-refractivity contribution in [3.8, 4) is 0 Å². The molecule has 2 heterocycles. The Morgan fingerprint density at radius 1 is 1.44 bits per heavy atom. The lowest BCUT2D eigenvalue weighted by Gasteiger charge is -2.46. The lowest BCUT2D eigenvalue weighted by Crippen LogP contribution is -2.53. The Morgan fingerprint density at radius 2 is 2.19 bits per heavy atom. The molecule has 1 fully saturated rings. The van der Waals surface area contributed by atoms with E-state index in [9.17, 15) is 0 Å². The van der Waals surface area contributed by atoms with Gasteiger partial charge < -0.3 is 16.4 Å². The molecule has 4 nitrogen and oxygen atoms in total. The molecule has 0 spiro atoms. The summed E-state index contributed by atoms with van der Waals surface area (Å²) in [5, 5.41) is 0. The fourth-order valence-electron chi connectivity index (χ4n) is 2.49. The van der Waals surface area contributed by atoms with Crippen LogP contribution in [0.5, 0.6) is 0 Å². The summed E-state index contributed by atoms with van der Waals surface area (Å²) in [6, 6.07) is 4.19. The molecule has 2 rings (SSSR count). The zero-order valence-corrected chi connectivity index (χ0v) is 9.98. The molecule has 1 unspecified atom stereocenters. The highest BCUT2D eigenvalue weighted by Crippen LogP contribution is 2.31. The van der Waals surface area contributed by atoms with Gasteiger partial charge in [-0.1, -0.05) is 0 Å². The summed E-state index contributed by atoms with van der Waals surface area (Å²) in [5.41, 5.74) is 12.8. The van der Waals surface area contributed by atoms with Gasteiger partial charge in [0.05, 0.1) is 11.9 Å². The summed E-state index contributed by atoms with van der Waals surface area (Å²) in [7, 11) is 0. The van der Waals surface area contributed by atoms with Crippen molar-refractivity contribution in [2.75, 3.05) is 17.2 Å². The molecular weight excluding hydrogens is 200 g/mol. The molecule has 16 heavy (non-hydrogen) atoms. The Hall–Kier alpha value is -1.29. The van der Waals surface area contributed by atoms with Crippen LogP contribution in [0.1, 0.15) is 26.7 Å². The maximum Gasteiger partial charge on any atom is 0.123 e. The average Bonchev–Trinajstić information content (AvgIpc) is 2.18.